The number of amides is 1. The Kier molecular flexibility index (Phi) is 5.16. The summed E-state index contributed by atoms with van der Waals surface area (Å²) in [5, 5.41) is 9.45. The number of hydrogen-bond acceptors (Lipinski definition) is 5. The fourth-order valence-corrected chi connectivity index (χ4v) is 4.21. The number of nitrogens with zero attached hydrogens (tertiary/aromatic N) is 2. The molecule has 32 heavy (non-hydrogen) atoms. The van der Waals surface area contributed by atoms with Crippen molar-refractivity contribution in [2.24, 2.45) is 0 Å². The van der Waals surface area contributed by atoms with Crippen LogP contribution in [0.2, 0.25) is 0 Å². The maximum absolute atomic E-state index is 12.0. The zero-order valence-corrected chi connectivity index (χ0v) is 17.7. The quantitative estimate of drug-likeness (QED) is 0.525. The number of benzene rings is 3. The van der Waals surface area contributed by atoms with Crippen LogP contribution in [0.3, 0.4) is 0 Å². The lowest BCUT2D eigenvalue weighted by molar-refractivity contribution is 0.181. The standard InChI is InChI=1S/C26H22N2O4/c1-17-5-8-19(9-6-17)31-25-12-11-22-21(25)3-2-4-24(22)32-20-10-7-18(16-27)23(15-20)28-13-14-30-26(28)29/h2-10,15,25H,11-14H2,1H3/t25-/m1/s1. The molecule has 0 aromatic heterocycles. The first-order chi connectivity index (χ1) is 15.6. The molecule has 6 heteroatoms. The third-order valence-electron chi connectivity index (χ3n) is 5.84. The molecule has 3 aromatic carbocycles. The lowest BCUT2D eigenvalue weighted by atomic mass is 10.1. The maximum Gasteiger partial charge on any atom is 0.414 e. The van der Waals surface area contributed by atoms with Crippen LogP contribution in [0.4, 0.5) is 10.5 Å². The van der Waals surface area contributed by atoms with E-state index in [-0.39, 0.29) is 6.10 Å². The molecule has 0 unspecified atom stereocenters. The zero-order valence-electron chi connectivity index (χ0n) is 17.7. The number of carbonyl (C=O) groups excluding carboxylic acids is 1. The second kappa shape index (κ2) is 8.27. The van der Waals surface area contributed by atoms with E-state index in [2.05, 4.69) is 19.1 Å². The summed E-state index contributed by atoms with van der Waals surface area (Å²) in [5.41, 5.74) is 4.35. The lowest BCUT2D eigenvalue weighted by Crippen LogP contribution is -2.24. The fourth-order valence-electron chi connectivity index (χ4n) is 4.21. The first-order valence-corrected chi connectivity index (χ1v) is 10.6. The SMILES string of the molecule is Cc1ccc(O[C@@H]2CCc3c(Oc4ccc(C#N)c(N5CCOC5=O)c4)cccc32)cc1. The van der Waals surface area contributed by atoms with Gasteiger partial charge in [0.1, 0.15) is 36.0 Å². The zero-order chi connectivity index (χ0) is 22.1. The Balaban J connectivity index is 1.40. The number of ether oxygens (including phenoxy) is 3. The maximum atomic E-state index is 12.0. The van der Waals surface area contributed by atoms with Crippen molar-refractivity contribution in [3.8, 4) is 23.3 Å². The number of fused-ring (bicyclic) bond motifs is 1. The van der Waals surface area contributed by atoms with E-state index in [0.717, 1.165) is 35.5 Å². The molecule has 2 aliphatic rings. The first kappa shape index (κ1) is 20.0. The summed E-state index contributed by atoms with van der Waals surface area (Å²) < 4.78 is 17.5. The smallest absolute Gasteiger partial charge is 0.414 e. The predicted octanol–water partition coefficient (Wildman–Crippen LogP) is 5.68. The van der Waals surface area contributed by atoms with Crippen molar-refractivity contribution < 1.29 is 19.0 Å². The monoisotopic (exact) mass is 426 g/mol. The van der Waals surface area contributed by atoms with Gasteiger partial charge in [-0.25, -0.2) is 4.79 Å². The van der Waals surface area contributed by atoms with E-state index in [1.165, 1.54) is 10.5 Å². The molecule has 0 bridgehead atoms. The van der Waals surface area contributed by atoms with Crippen LogP contribution in [-0.2, 0) is 11.2 Å². The topological polar surface area (TPSA) is 71.8 Å². The molecular weight excluding hydrogens is 404 g/mol. The average Bonchev–Trinajstić information content (AvgIpc) is 3.42. The predicted molar refractivity (Wildman–Crippen MR) is 119 cm³/mol. The van der Waals surface area contributed by atoms with E-state index in [1.807, 2.05) is 36.4 Å². The molecule has 1 saturated heterocycles. The van der Waals surface area contributed by atoms with Crippen LogP contribution in [-0.4, -0.2) is 19.2 Å². The van der Waals surface area contributed by atoms with Crippen LogP contribution in [0.25, 0.3) is 0 Å². The van der Waals surface area contributed by atoms with E-state index < -0.39 is 6.09 Å². The lowest BCUT2D eigenvalue weighted by Gasteiger charge is -2.17. The number of aryl methyl sites for hydroxylation is 1. The fraction of sp³-hybridized carbons (Fsp3) is 0.231. The van der Waals surface area contributed by atoms with Crippen LogP contribution in [0.5, 0.6) is 17.2 Å². The van der Waals surface area contributed by atoms with Gasteiger partial charge in [-0.1, -0.05) is 29.8 Å². The van der Waals surface area contributed by atoms with Gasteiger partial charge >= 0.3 is 6.09 Å². The van der Waals surface area contributed by atoms with Crippen LogP contribution in [0.15, 0.2) is 60.7 Å². The van der Waals surface area contributed by atoms with Gasteiger partial charge in [0, 0.05) is 11.6 Å². The molecule has 5 rings (SSSR count). The van der Waals surface area contributed by atoms with Crippen molar-refractivity contribution in [3.63, 3.8) is 0 Å². The van der Waals surface area contributed by atoms with Gasteiger partial charge in [-0.2, -0.15) is 5.26 Å². The van der Waals surface area contributed by atoms with Gasteiger partial charge in [-0.15, -0.1) is 0 Å². The van der Waals surface area contributed by atoms with Gasteiger partial charge in [0.25, 0.3) is 0 Å². The Morgan fingerprint density at radius 2 is 1.91 bits per heavy atom. The minimum absolute atomic E-state index is 0.0212. The molecule has 6 nitrogen and oxygen atoms in total. The van der Waals surface area contributed by atoms with Crippen molar-refractivity contribution in [1.82, 2.24) is 0 Å². The highest BCUT2D eigenvalue weighted by Crippen LogP contribution is 2.41. The van der Waals surface area contributed by atoms with Gasteiger partial charge in [0.15, 0.2) is 0 Å². The third kappa shape index (κ3) is 3.74. The Hall–Kier alpha value is -3.98. The summed E-state index contributed by atoms with van der Waals surface area (Å²) in [6, 6.07) is 21.3. The average molecular weight is 426 g/mol. The molecule has 3 aromatic rings. The molecule has 1 atom stereocenters. The van der Waals surface area contributed by atoms with Gasteiger partial charge < -0.3 is 14.2 Å². The molecule has 0 spiro atoms. The van der Waals surface area contributed by atoms with E-state index >= 15 is 0 Å². The summed E-state index contributed by atoms with van der Waals surface area (Å²) in [6.07, 6.45) is 1.26. The highest BCUT2D eigenvalue weighted by molar-refractivity contribution is 5.91. The van der Waals surface area contributed by atoms with Crippen molar-refractivity contribution in [3.05, 3.63) is 82.9 Å². The molecular formula is C26H22N2O4. The van der Waals surface area contributed by atoms with Crippen molar-refractivity contribution >= 4 is 11.8 Å². The first-order valence-electron chi connectivity index (χ1n) is 10.6. The number of carbonyl (C=O) groups is 1. The second-order valence-electron chi connectivity index (χ2n) is 7.94. The number of cyclic esters (lactones) is 1. The Labute approximate surface area is 186 Å². The van der Waals surface area contributed by atoms with Crippen molar-refractivity contribution in [2.75, 3.05) is 18.1 Å². The summed E-state index contributed by atoms with van der Waals surface area (Å²) in [5.74, 6) is 2.18. The summed E-state index contributed by atoms with van der Waals surface area (Å²) in [6.45, 7) is 2.78. The second-order valence-corrected chi connectivity index (χ2v) is 7.94. The number of hydrogen-bond donors (Lipinski definition) is 0. The van der Waals surface area contributed by atoms with E-state index in [4.69, 9.17) is 14.2 Å². The molecule has 160 valence electrons. The molecule has 0 saturated carbocycles. The summed E-state index contributed by atoms with van der Waals surface area (Å²) in [7, 11) is 0. The Morgan fingerprint density at radius 3 is 2.66 bits per heavy atom. The van der Waals surface area contributed by atoms with Crippen molar-refractivity contribution in [1.29, 1.82) is 5.26 Å². The summed E-state index contributed by atoms with van der Waals surface area (Å²) >= 11 is 0. The van der Waals surface area contributed by atoms with Crippen LogP contribution in [0, 0.1) is 18.3 Å². The molecule has 0 radical (unpaired) electrons. The molecule has 1 amide bonds. The molecule has 1 fully saturated rings. The van der Waals surface area contributed by atoms with Crippen LogP contribution < -0.4 is 14.4 Å². The van der Waals surface area contributed by atoms with Gasteiger partial charge in [0.2, 0.25) is 0 Å². The Morgan fingerprint density at radius 1 is 1.09 bits per heavy atom. The third-order valence-corrected chi connectivity index (χ3v) is 5.84. The molecule has 1 aliphatic carbocycles. The van der Waals surface area contributed by atoms with E-state index in [9.17, 15) is 10.1 Å². The van der Waals surface area contributed by atoms with Gasteiger partial charge in [-0.3, -0.25) is 4.90 Å². The number of nitriles is 1. The minimum Gasteiger partial charge on any atom is -0.486 e. The van der Waals surface area contributed by atoms with Gasteiger partial charge in [-0.05, 0) is 55.7 Å². The number of rotatable bonds is 5. The molecule has 1 aliphatic heterocycles. The van der Waals surface area contributed by atoms with E-state index in [0.29, 0.717) is 30.2 Å². The minimum atomic E-state index is -0.449. The van der Waals surface area contributed by atoms with Crippen molar-refractivity contribution in [2.45, 2.75) is 25.9 Å². The highest BCUT2D eigenvalue weighted by Gasteiger charge is 2.28. The van der Waals surface area contributed by atoms with Crippen LogP contribution in [0.1, 0.15) is 34.8 Å². The summed E-state index contributed by atoms with van der Waals surface area (Å²) in [4.78, 5) is 13.5. The largest absolute Gasteiger partial charge is 0.486 e. The number of anilines is 1. The van der Waals surface area contributed by atoms with E-state index in [1.54, 1.807) is 18.2 Å². The van der Waals surface area contributed by atoms with Gasteiger partial charge in [0.05, 0.1) is 17.8 Å². The highest BCUT2D eigenvalue weighted by atomic mass is 16.6. The molecule has 1 heterocycles. The molecule has 0 N–H and O–H groups in total. The van der Waals surface area contributed by atoms with Crippen LogP contribution >= 0.6 is 0 Å². The Bertz CT molecular complexity index is 1210. The normalized spacial score (nSPS) is 16.9.